The summed E-state index contributed by atoms with van der Waals surface area (Å²) in [4.78, 5) is 51.1. The Morgan fingerprint density at radius 1 is 1.06 bits per heavy atom. The van der Waals surface area contributed by atoms with Crippen molar-refractivity contribution in [3.05, 3.63) is 71.3 Å². The molecule has 12 nitrogen and oxygen atoms in total. The number of hydrogen-bond acceptors (Lipinski definition) is 10. The zero-order valence-corrected chi connectivity index (χ0v) is 29.3. The maximum absolute atomic E-state index is 13.7. The second kappa shape index (κ2) is 19.2. The number of aldehydes is 1. The highest BCUT2D eigenvalue weighted by Crippen LogP contribution is 2.22. The van der Waals surface area contributed by atoms with Crippen molar-refractivity contribution < 1.29 is 38.5 Å². The molecule has 0 aliphatic carbocycles. The van der Waals surface area contributed by atoms with E-state index in [2.05, 4.69) is 10.7 Å². The van der Waals surface area contributed by atoms with Gasteiger partial charge in [0.05, 0.1) is 18.2 Å². The first-order valence-electron chi connectivity index (χ1n) is 16.7. The number of nitrogens with one attached hydrogen (secondary N) is 2. The summed E-state index contributed by atoms with van der Waals surface area (Å²) >= 11 is 0. The van der Waals surface area contributed by atoms with Gasteiger partial charge in [-0.2, -0.15) is 0 Å². The number of amides is 2. The summed E-state index contributed by atoms with van der Waals surface area (Å²) in [6.07, 6.45) is 5.26. The summed E-state index contributed by atoms with van der Waals surface area (Å²) in [7, 11) is 3.20. The molecule has 7 atom stereocenters. The van der Waals surface area contributed by atoms with E-state index in [0.717, 1.165) is 17.4 Å². The van der Waals surface area contributed by atoms with E-state index in [-0.39, 0.29) is 48.7 Å². The second-order valence-corrected chi connectivity index (χ2v) is 13.0. The van der Waals surface area contributed by atoms with Crippen LogP contribution in [0, 0.1) is 17.8 Å². The van der Waals surface area contributed by atoms with Crippen LogP contribution < -0.4 is 16.5 Å². The Labute approximate surface area is 289 Å². The average molecular weight is 681 g/mol. The normalized spacial score (nSPS) is 18.7. The molecule has 1 heterocycles. The Bertz CT molecular complexity index is 1430. The highest BCUT2D eigenvalue weighted by molar-refractivity contribution is 5.90. The zero-order chi connectivity index (χ0) is 36.1. The lowest BCUT2D eigenvalue weighted by Crippen LogP contribution is -2.61. The molecule has 0 spiro atoms. The van der Waals surface area contributed by atoms with Gasteiger partial charge in [-0.1, -0.05) is 70.2 Å². The number of aromatic hydroxyl groups is 1. The van der Waals surface area contributed by atoms with Crippen LogP contribution in [-0.4, -0.2) is 85.3 Å². The molecule has 5 N–H and O–H groups in total. The lowest BCUT2D eigenvalue weighted by Gasteiger charge is -2.35. The summed E-state index contributed by atoms with van der Waals surface area (Å²) in [5.41, 5.74) is 11.4. The molecule has 1 fully saturated rings. The minimum atomic E-state index is -0.980. The number of phenolic OH excluding ortho intramolecular Hbond substituents is 1. The molecule has 0 bridgehead atoms. The monoisotopic (exact) mass is 680 g/mol. The third-order valence-corrected chi connectivity index (χ3v) is 8.85. The number of hydrazine groups is 1. The topological polar surface area (TPSA) is 170 Å². The van der Waals surface area contributed by atoms with E-state index in [0.29, 0.717) is 24.9 Å². The number of hydrogen-bond donors (Lipinski definition) is 4. The average Bonchev–Trinajstić information content (AvgIpc) is 3.10. The number of carbonyl (C=O) groups excluding carboxylic acids is 4. The van der Waals surface area contributed by atoms with E-state index in [9.17, 15) is 24.3 Å². The van der Waals surface area contributed by atoms with Crippen LogP contribution in [0.4, 0.5) is 0 Å². The number of ether oxygens (including phenoxy) is 3. The van der Waals surface area contributed by atoms with Crippen molar-refractivity contribution in [2.75, 3.05) is 20.8 Å². The Balaban J connectivity index is 1.64. The fourth-order valence-electron chi connectivity index (χ4n) is 5.88. The minimum Gasteiger partial charge on any atom is -0.508 e. The van der Waals surface area contributed by atoms with Crippen molar-refractivity contribution in [2.24, 2.45) is 23.5 Å². The van der Waals surface area contributed by atoms with E-state index >= 15 is 0 Å². The summed E-state index contributed by atoms with van der Waals surface area (Å²) in [6, 6.07) is 11.5. The molecule has 1 saturated heterocycles. The Hall–Kier alpha value is -4.10. The number of nitrogens with two attached hydrogens (primary N) is 1. The van der Waals surface area contributed by atoms with E-state index in [1.165, 1.54) is 17.1 Å². The number of rotatable bonds is 17. The first-order valence-corrected chi connectivity index (χ1v) is 16.7. The van der Waals surface area contributed by atoms with Crippen molar-refractivity contribution in [1.29, 1.82) is 0 Å². The molecule has 12 heteroatoms. The molecule has 1 aliphatic heterocycles. The van der Waals surface area contributed by atoms with Crippen molar-refractivity contribution in [2.45, 2.75) is 83.9 Å². The summed E-state index contributed by atoms with van der Waals surface area (Å²) in [5.74, 6) is -1.85. The number of phenols is 1. The van der Waals surface area contributed by atoms with Gasteiger partial charge in [0.2, 0.25) is 5.91 Å². The van der Waals surface area contributed by atoms with Crippen molar-refractivity contribution >= 4 is 30.1 Å². The highest BCUT2D eigenvalue weighted by Gasteiger charge is 2.34. The van der Waals surface area contributed by atoms with Gasteiger partial charge in [-0.05, 0) is 53.6 Å². The van der Waals surface area contributed by atoms with Crippen LogP contribution in [0.25, 0.3) is 6.08 Å². The van der Waals surface area contributed by atoms with Crippen molar-refractivity contribution in [1.82, 2.24) is 15.8 Å². The molecule has 0 unspecified atom stereocenters. The van der Waals surface area contributed by atoms with Gasteiger partial charge in [0.1, 0.15) is 30.7 Å². The number of nitrogens with zero attached hydrogens (tertiary/aromatic N) is 1. The quantitative estimate of drug-likeness (QED) is 0.144. The molecule has 0 aromatic heterocycles. The Morgan fingerprint density at radius 3 is 2.43 bits per heavy atom. The molecule has 268 valence electrons. The maximum atomic E-state index is 13.7. The number of benzene rings is 2. The molecule has 49 heavy (non-hydrogen) atoms. The first kappa shape index (κ1) is 39.3. The third-order valence-electron chi connectivity index (χ3n) is 8.85. The van der Waals surface area contributed by atoms with E-state index in [1.807, 2.05) is 64.1 Å². The lowest BCUT2D eigenvalue weighted by atomic mass is 9.89. The van der Waals surface area contributed by atoms with Gasteiger partial charge in [-0.3, -0.25) is 19.4 Å². The summed E-state index contributed by atoms with van der Waals surface area (Å²) in [6.45, 7) is 7.80. The van der Waals surface area contributed by atoms with Crippen LogP contribution in [-0.2, 0) is 46.4 Å². The molecule has 3 rings (SSSR count). The predicted octanol–water partition coefficient (Wildman–Crippen LogP) is 3.16. The fourth-order valence-corrected chi connectivity index (χ4v) is 5.88. The largest absolute Gasteiger partial charge is 0.508 e. The molecule has 2 amide bonds. The molecular formula is C37H52N4O8. The number of carbonyl (C=O) groups is 4. The van der Waals surface area contributed by atoms with Gasteiger partial charge < -0.3 is 35.2 Å². The van der Waals surface area contributed by atoms with Crippen molar-refractivity contribution in [3.8, 4) is 5.75 Å². The fraction of sp³-hybridized carbons (Fsp3) is 0.514. The van der Waals surface area contributed by atoms with E-state index in [1.54, 1.807) is 26.4 Å². The number of esters is 1. The zero-order valence-electron chi connectivity index (χ0n) is 29.3. The lowest BCUT2D eigenvalue weighted by molar-refractivity contribution is -0.154. The van der Waals surface area contributed by atoms with Gasteiger partial charge >= 0.3 is 5.97 Å². The van der Waals surface area contributed by atoms with Crippen LogP contribution >= 0.6 is 0 Å². The Morgan fingerprint density at radius 2 is 1.78 bits per heavy atom. The molecule has 2 aromatic carbocycles. The second-order valence-electron chi connectivity index (χ2n) is 13.0. The van der Waals surface area contributed by atoms with Crippen LogP contribution in [0.1, 0.15) is 57.2 Å². The van der Waals surface area contributed by atoms with Gasteiger partial charge in [0.25, 0.3) is 5.91 Å². The Kier molecular flexibility index (Phi) is 15.4. The molecule has 0 saturated carbocycles. The molecular weight excluding hydrogens is 628 g/mol. The van der Waals surface area contributed by atoms with Crippen LogP contribution in [0.2, 0.25) is 0 Å². The van der Waals surface area contributed by atoms with Gasteiger partial charge in [-0.15, -0.1) is 0 Å². The standard InChI is InChI=1S/C37H52N4O8/c1-23(2)33(38)35(44)39-31(20-27-11-8-13-29(43)19-27)36(45)41-17-9-14-30(40-41)37(46)49-22-28-12-7-10-26(18-28)15-16-32(47-5)25(4)34(48-6)24(3)21-42/h7-8,10-13,15-16,18-19,21,23-25,30-34,40,43H,9,14,17,20,22,38H2,1-6H3,(H,39,44)/b16-15+/t24-,25-,30-,31-,32-,33-,34-/m0/s1. The van der Waals surface area contributed by atoms with Crippen LogP contribution in [0.3, 0.4) is 0 Å². The maximum Gasteiger partial charge on any atom is 0.325 e. The smallest absolute Gasteiger partial charge is 0.325 e. The van der Waals surface area contributed by atoms with Crippen molar-refractivity contribution in [3.63, 3.8) is 0 Å². The first-order chi connectivity index (χ1) is 23.4. The predicted molar refractivity (Wildman–Crippen MR) is 186 cm³/mol. The van der Waals surface area contributed by atoms with E-state index < -0.39 is 35.9 Å². The summed E-state index contributed by atoms with van der Waals surface area (Å²) in [5, 5.41) is 14.1. The summed E-state index contributed by atoms with van der Waals surface area (Å²) < 4.78 is 16.9. The molecule has 1 aliphatic rings. The van der Waals surface area contributed by atoms with Crippen LogP contribution in [0.5, 0.6) is 5.75 Å². The SMILES string of the molecule is CO[C@H]([C@@H](C)[C@H](/C=C/c1cccc(COC(=O)[C@@H]2CCCN(C(=O)[C@H](Cc3cccc(O)c3)NC(=O)[C@@H](N)C(C)C)N2)c1)OC)[C@@H](C)C=O. The van der Waals surface area contributed by atoms with E-state index in [4.69, 9.17) is 19.9 Å². The minimum absolute atomic E-state index is 0.0304. The molecule has 2 aromatic rings. The molecule has 0 radical (unpaired) electrons. The van der Waals surface area contributed by atoms with Gasteiger partial charge in [-0.25, -0.2) is 5.43 Å². The third kappa shape index (κ3) is 11.5. The van der Waals surface area contributed by atoms with Gasteiger partial charge in [0.15, 0.2) is 0 Å². The van der Waals surface area contributed by atoms with Gasteiger partial charge in [0, 0.05) is 39.0 Å². The highest BCUT2D eigenvalue weighted by atomic mass is 16.5. The van der Waals surface area contributed by atoms with Crippen LogP contribution in [0.15, 0.2) is 54.6 Å². The number of methoxy groups -OCH3 is 2.